The Morgan fingerprint density at radius 2 is 0.522 bits per heavy atom. The van der Waals surface area contributed by atoms with Crippen molar-refractivity contribution in [2.45, 2.75) is 6.42 Å². The molecular weight excluding hydrogens is 1400 g/mol. The zero-order valence-electron chi connectivity index (χ0n) is 61.0. The summed E-state index contributed by atoms with van der Waals surface area (Å²) in [5, 5.41) is 10.1. The highest BCUT2D eigenvalue weighted by Gasteiger charge is 2.25. The Hall–Kier alpha value is -14.8. The van der Waals surface area contributed by atoms with E-state index in [4.69, 9.17) is 29.9 Å². The second-order valence-electron chi connectivity index (χ2n) is 28.9. The normalized spacial score (nSPS) is 11.9. The van der Waals surface area contributed by atoms with Crippen LogP contribution in [0.4, 0.5) is 0 Å². The first kappa shape index (κ1) is 65.3. The molecule has 10 heteroatoms. The van der Waals surface area contributed by atoms with Gasteiger partial charge in [0, 0.05) is 103 Å². The van der Waals surface area contributed by atoms with Gasteiger partial charge in [-0.25, -0.2) is 29.9 Å². The fourth-order valence-electron chi connectivity index (χ4n) is 16.9. The Morgan fingerprint density at radius 3 is 1.01 bits per heavy atom. The molecule has 1 aliphatic carbocycles. The van der Waals surface area contributed by atoms with Gasteiger partial charge in [0.05, 0.1) is 33.1 Å². The molecule has 0 saturated carbocycles. The van der Waals surface area contributed by atoms with Crippen molar-refractivity contribution in [3.05, 3.63) is 393 Å². The summed E-state index contributed by atoms with van der Waals surface area (Å²) in [6.45, 7) is 0. The summed E-state index contributed by atoms with van der Waals surface area (Å²) in [6.07, 6.45) is 0.896. The van der Waals surface area contributed by atoms with Gasteiger partial charge in [0.25, 0.3) is 0 Å². The van der Waals surface area contributed by atoms with Gasteiger partial charge in [0.2, 0.25) is 0 Å². The number of thiophene rings is 1. The van der Waals surface area contributed by atoms with Crippen LogP contribution < -0.4 is 0 Å². The van der Waals surface area contributed by atoms with Crippen LogP contribution >= 0.6 is 11.3 Å². The number of nitrogens with zero attached hydrogens (tertiary/aromatic N) is 9. The minimum Gasteiger partial charge on any atom is -0.309 e. The lowest BCUT2D eigenvalue weighted by atomic mass is 10.0. The number of fused-ring (bicyclic) bond motifs is 15. The third-order valence-corrected chi connectivity index (χ3v) is 23.5. The van der Waals surface area contributed by atoms with Crippen molar-refractivity contribution in [1.82, 2.24) is 43.6 Å². The van der Waals surface area contributed by atoms with Gasteiger partial charge in [-0.3, -0.25) is 0 Å². The van der Waals surface area contributed by atoms with Crippen LogP contribution in [0.1, 0.15) is 11.1 Å². The topological polar surface area (TPSA) is 92.1 Å². The number of benzene rings is 16. The SMILES string of the molecule is c1ccc(-c2nc(-c3ccccc3)nc(-c3ccc(-n4c5ccccc5c5cc(-c6ccc7c(c6)c6ccccc6n7-c6ccccc6)ccc54)cc3)n2)cc1.c1ccc(-c2nc(-c3ccccc3)nc(-c3ccc4c(c3)-c3cc(-n5c6ccccc6c6cc(-c7cccc8c7sc7ccccc78)ccc65)ccc3C4)n2)cc1. The summed E-state index contributed by atoms with van der Waals surface area (Å²) in [4.78, 5) is 29.8. The number of para-hydroxylation sites is 4. The lowest BCUT2D eigenvalue weighted by Gasteiger charge is -2.12. The van der Waals surface area contributed by atoms with Crippen LogP contribution in [0.5, 0.6) is 0 Å². The average molecular weight is 1460 g/mol. The first-order valence-corrected chi connectivity index (χ1v) is 39.0. The second-order valence-corrected chi connectivity index (χ2v) is 29.9. The minimum atomic E-state index is 0.639. The van der Waals surface area contributed by atoms with E-state index in [-0.39, 0.29) is 0 Å². The van der Waals surface area contributed by atoms with Crippen molar-refractivity contribution < 1.29 is 0 Å². The van der Waals surface area contributed by atoms with E-state index >= 15 is 0 Å². The molecule has 0 aliphatic heterocycles. The summed E-state index contributed by atoms with van der Waals surface area (Å²) in [5.41, 5.74) is 26.3. The van der Waals surface area contributed by atoms with Crippen LogP contribution in [0, 0.1) is 0 Å². The highest BCUT2D eigenvalue weighted by atomic mass is 32.1. The van der Waals surface area contributed by atoms with E-state index in [1.165, 1.54) is 119 Å². The molecular formula is C103H65N9S. The highest BCUT2D eigenvalue weighted by molar-refractivity contribution is 7.26. The minimum absolute atomic E-state index is 0.639. The fraction of sp³-hybridized carbons (Fsp3) is 0.00971. The van der Waals surface area contributed by atoms with E-state index in [0.717, 1.165) is 67.9 Å². The standard InChI is InChI=1S/C52H32N4S.C51H33N5/c1-3-12-32(13-4-1)50-53-51(33-14-5-2-6-15-33)55-52(54-50)37-23-22-34-28-35-24-26-38(31-44(35)43(34)30-37)56-46-20-9-7-16-40(46)45-29-36(25-27-47(45)56)39-18-11-19-42-41-17-8-10-21-48(41)57-49(39)42;1-4-14-34(15-5-1)49-52-50(35-16-6-2-7-17-35)54-51(53-49)36-24-28-40(29-25-36)56-46-23-13-11-21-42(46)44-33-38(27-31-48(44)56)37-26-30-47-43(32-37)41-20-10-12-22-45(41)55(47)39-18-8-3-9-19-39/h1-27,29-31H,28H2;1-33H. The lowest BCUT2D eigenvalue weighted by Crippen LogP contribution is -2.00. The molecule has 1 aliphatic rings. The smallest absolute Gasteiger partial charge is 0.164 e. The maximum Gasteiger partial charge on any atom is 0.164 e. The molecule has 22 aromatic rings. The Morgan fingerprint density at radius 1 is 0.195 bits per heavy atom. The zero-order valence-corrected chi connectivity index (χ0v) is 61.8. The van der Waals surface area contributed by atoms with E-state index in [1.807, 2.05) is 108 Å². The molecule has 113 heavy (non-hydrogen) atoms. The molecule has 0 bridgehead atoms. The van der Waals surface area contributed by atoms with E-state index in [0.29, 0.717) is 34.9 Å². The Labute approximate surface area is 654 Å². The van der Waals surface area contributed by atoms with Crippen molar-refractivity contribution in [2.75, 3.05) is 0 Å². The molecule has 6 aromatic heterocycles. The molecule has 9 nitrogen and oxygen atoms in total. The summed E-state index contributed by atoms with van der Waals surface area (Å²) < 4.78 is 9.81. The Bertz CT molecular complexity index is 7380. The maximum absolute atomic E-state index is 5.04. The number of rotatable bonds is 11. The average Bonchev–Trinajstić information content (AvgIpc) is 1.59. The number of aromatic nitrogens is 9. The van der Waals surface area contributed by atoms with Crippen molar-refractivity contribution in [1.29, 1.82) is 0 Å². The summed E-state index contributed by atoms with van der Waals surface area (Å²) in [5.74, 6) is 3.94. The predicted octanol–water partition coefficient (Wildman–Crippen LogP) is 26.3. The third-order valence-electron chi connectivity index (χ3n) is 22.3. The predicted molar refractivity (Wildman–Crippen MR) is 467 cm³/mol. The van der Waals surface area contributed by atoms with Crippen molar-refractivity contribution in [2.24, 2.45) is 0 Å². The summed E-state index contributed by atoms with van der Waals surface area (Å²) in [7, 11) is 0. The summed E-state index contributed by atoms with van der Waals surface area (Å²) in [6, 6.07) is 136. The molecule has 16 aromatic carbocycles. The highest BCUT2D eigenvalue weighted by Crippen LogP contribution is 2.46. The Kier molecular flexibility index (Phi) is 15.6. The van der Waals surface area contributed by atoms with Gasteiger partial charge < -0.3 is 13.7 Å². The van der Waals surface area contributed by atoms with E-state index < -0.39 is 0 Å². The number of hydrogen-bond donors (Lipinski definition) is 0. The fourth-order valence-corrected chi connectivity index (χ4v) is 18.1. The van der Waals surface area contributed by atoms with Gasteiger partial charge in [0.1, 0.15) is 0 Å². The largest absolute Gasteiger partial charge is 0.309 e. The monoisotopic (exact) mass is 1460 g/mol. The molecule has 0 fully saturated rings. The molecule has 0 radical (unpaired) electrons. The molecule has 0 amide bonds. The van der Waals surface area contributed by atoms with Gasteiger partial charge in [-0.05, 0) is 166 Å². The second kappa shape index (κ2) is 27.1. The molecule has 0 unspecified atom stereocenters. The zero-order chi connectivity index (χ0) is 74.5. The van der Waals surface area contributed by atoms with Gasteiger partial charge in [-0.15, -0.1) is 11.3 Å². The number of hydrogen-bond acceptors (Lipinski definition) is 7. The Balaban J connectivity index is 0.000000138. The molecule has 23 rings (SSSR count). The lowest BCUT2D eigenvalue weighted by molar-refractivity contribution is 1.07. The van der Waals surface area contributed by atoms with E-state index in [9.17, 15) is 0 Å². The van der Waals surface area contributed by atoms with Crippen LogP contribution in [-0.2, 0) is 6.42 Å². The van der Waals surface area contributed by atoms with Gasteiger partial charge >= 0.3 is 0 Å². The first-order valence-electron chi connectivity index (χ1n) is 38.2. The van der Waals surface area contributed by atoms with Crippen molar-refractivity contribution in [3.63, 3.8) is 0 Å². The van der Waals surface area contributed by atoms with Crippen LogP contribution in [-0.4, -0.2) is 43.6 Å². The van der Waals surface area contributed by atoms with Gasteiger partial charge in [-0.2, -0.15) is 0 Å². The van der Waals surface area contributed by atoms with Crippen molar-refractivity contribution in [3.8, 4) is 119 Å². The molecule has 528 valence electrons. The van der Waals surface area contributed by atoms with Crippen LogP contribution in [0.3, 0.4) is 0 Å². The van der Waals surface area contributed by atoms with Crippen LogP contribution in [0.2, 0.25) is 0 Å². The third kappa shape index (κ3) is 11.4. The van der Waals surface area contributed by atoms with Gasteiger partial charge in [-0.1, -0.05) is 267 Å². The van der Waals surface area contributed by atoms with E-state index in [1.54, 1.807) is 0 Å². The first-order chi connectivity index (χ1) is 56.0. The van der Waals surface area contributed by atoms with Crippen LogP contribution in [0.15, 0.2) is 382 Å². The van der Waals surface area contributed by atoms with E-state index in [2.05, 4.69) is 299 Å². The molecule has 6 heterocycles. The molecule has 0 N–H and O–H groups in total. The van der Waals surface area contributed by atoms with Crippen LogP contribution in [0.25, 0.3) is 204 Å². The molecule has 0 spiro atoms. The quantitative estimate of drug-likeness (QED) is 0.128. The molecule has 0 atom stereocenters. The maximum atomic E-state index is 5.04. The van der Waals surface area contributed by atoms with Gasteiger partial charge in [0.15, 0.2) is 34.9 Å². The summed E-state index contributed by atoms with van der Waals surface area (Å²) >= 11 is 1.88. The molecule has 0 saturated heterocycles. The van der Waals surface area contributed by atoms with Crippen molar-refractivity contribution >= 4 is 96.9 Å².